The maximum absolute atomic E-state index is 6.71. The van der Waals surface area contributed by atoms with Gasteiger partial charge in [0.25, 0.3) is 0 Å². The van der Waals surface area contributed by atoms with Crippen molar-refractivity contribution in [2.45, 2.75) is 5.41 Å². The highest BCUT2D eigenvalue weighted by molar-refractivity contribution is 6.10. The number of benzene rings is 9. The predicted molar refractivity (Wildman–Crippen MR) is 253 cm³/mol. The highest BCUT2D eigenvalue weighted by Gasteiger charge is 2.52. The van der Waals surface area contributed by atoms with E-state index in [9.17, 15) is 0 Å². The zero-order valence-corrected chi connectivity index (χ0v) is 34.0. The summed E-state index contributed by atoms with van der Waals surface area (Å²) in [6.07, 6.45) is 0. The summed E-state index contributed by atoms with van der Waals surface area (Å²) in [6.45, 7) is 0. The summed E-state index contributed by atoms with van der Waals surface area (Å²) in [5, 5.41) is 2.45. The molecule has 2 aromatic heterocycles. The average Bonchev–Trinajstić information content (AvgIpc) is 3.85. The molecule has 3 heterocycles. The van der Waals surface area contributed by atoms with Crippen LogP contribution >= 0.6 is 0 Å². The van der Waals surface area contributed by atoms with E-state index in [0.717, 1.165) is 78.3 Å². The monoisotopic (exact) mass is 804 g/mol. The molecule has 0 saturated carbocycles. The summed E-state index contributed by atoms with van der Waals surface area (Å²) in [4.78, 5) is 15.7. The highest BCUT2D eigenvalue weighted by atomic mass is 16.5. The molecule has 0 unspecified atom stereocenters. The van der Waals surface area contributed by atoms with Crippen molar-refractivity contribution in [2.24, 2.45) is 0 Å². The Balaban J connectivity index is 1.10. The van der Waals surface area contributed by atoms with Gasteiger partial charge in [-0.2, -0.15) is 0 Å². The normalized spacial score (nSPS) is 13.0. The van der Waals surface area contributed by atoms with Crippen molar-refractivity contribution in [3.8, 4) is 73.6 Å². The van der Waals surface area contributed by atoms with Crippen LogP contribution < -0.4 is 4.74 Å². The van der Waals surface area contributed by atoms with Gasteiger partial charge in [0, 0.05) is 44.3 Å². The molecule has 5 nitrogen and oxygen atoms in total. The minimum Gasteiger partial charge on any atom is -0.457 e. The summed E-state index contributed by atoms with van der Waals surface area (Å²) in [7, 11) is 0. The van der Waals surface area contributed by atoms with Gasteiger partial charge in [0.15, 0.2) is 17.5 Å². The van der Waals surface area contributed by atoms with E-state index in [1.807, 2.05) is 36.4 Å². The van der Waals surface area contributed by atoms with Gasteiger partial charge in [0.2, 0.25) is 0 Å². The summed E-state index contributed by atoms with van der Waals surface area (Å²) in [6, 6.07) is 77.3. The molecule has 1 spiro atoms. The molecule has 0 bridgehead atoms. The first-order chi connectivity index (χ1) is 31.2. The van der Waals surface area contributed by atoms with Gasteiger partial charge in [-0.05, 0) is 75.8 Å². The molecule has 0 amide bonds. The minimum atomic E-state index is -0.675. The van der Waals surface area contributed by atoms with Gasteiger partial charge >= 0.3 is 0 Å². The van der Waals surface area contributed by atoms with Crippen LogP contribution in [-0.4, -0.2) is 19.5 Å². The highest BCUT2D eigenvalue weighted by Crippen LogP contribution is 2.63. The van der Waals surface area contributed by atoms with E-state index in [1.54, 1.807) is 0 Å². The van der Waals surface area contributed by atoms with Crippen molar-refractivity contribution in [2.75, 3.05) is 0 Å². The molecule has 63 heavy (non-hydrogen) atoms. The molecule has 1 aliphatic carbocycles. The number of nitrogens with zero attached hydrogens (tertiary/aromatic N) is 4. The minimum absolute atomic E-state index is 0.621. The average molecular weight is 805 g/mol. The molecule has 1 aliphatic heterocycles. The topological polar surface area (TPSA) is 52.8 Å². The van der Waals surface area contributed by atoms with Gasteiger partial charge in [0.05, 0.1) is 16.4 Å². The third-order valence-electron chi connectivity index (χ3n) is 12.9. The fourth-order valence-corrected chi connectivity index (χ4v) is 10.3. The van der Waals surface area contributed by atoms with Gasteiger partial charge in [0.1, 0.15) is 11.5 Å². The van der Waals surface area contributed by atoms with E-state index in [4.69, 9.17) is 19.7 Å². The molecule has 0 saturated heterocycles. The van der Waals surface area contributed by atoms with Crippen LogP contribution in [0.4, 0.5) is 0 Å². The van der Waals surface area contributed by atoms with Crippen LogP contribution in [0.2, 0.25) is 0 Å². The summed E-state index contributed by atoms with van der Waals surface area (Å²) in [5.74, 6) is 3.57. The smallest absolute Gasteiger partial charge is 0.164 e. The number of ether oxygens (including phenoxy) is 1. The van der Waals surface area contributed by atoms with Crippen LogP contribution in [-0.2, 0) is 5.41 Å². The summed E-state index contributed by atoms with van der Waals surface area (Å²) in [5.41, 5.74) is 14.7. The van der Waals surface area contributed by atoms with Crippen LogP contribution in [0.3, 0.4) is 0 Å². The Morgan fingerprint density at radius 1 is 0.349 bits per heavy atom. The lowest BCUT2D eigenvalue weighted by Gasteiger charge is -2.39. The first kappa shape index (κ1) is 35.4. The molecule has 2 aliphatic rings. The second-order valence-corrected chi connectivity index (χ2v) is 16.3. The predicted octanol–water partition coefficient (Wildman–Crippen LogP) is 14.1. The number of fused-ring (bicyclic) bond motifs is 12. The van der Waals surface area contributed by atoms with Gasteiger partial charge in [-0.25, -0.2) is 15.0 Å². The molecule has 0 atom stereocenters. The first-order valence-electron chi connectivity index (χ1n) is 21.4. The number of hydrogen-bond donors (Lipinski definition) is 0. The second kappa shape index (κ2) is 13.8. The molecule has 0 radical (unpaired) electrons. The van der Waals surface area contributed by atoms with Crippen LogP contribution in [0.25, 0.3) is 83.9 Å². The fourth-order valence-electron chi connectivity index (χ4n) is 10.3. The molecular weight excluding hydrogens is 769 g/mol. The first-order valence-corrected chi connectivity index (χ1v) is 21.4. The van der Waals surface area contributed by atoms with E-state index in [1.165, 1.54) is 21.9 Å². The Hall–Kier alpha value is -8.41. The van der Waals surface area contributed by atoms with Crippen LogP contribution in [0.1, 0.15) is 22.3 Å². The van der Waals surface area contributed by atoms with Crippen molar-refractivity contribution >= 4 is 21.8 Å². The van der Waals surface area contributed by atoms with E-state index >= 15 is 0 Å². The molecule has 294 valence electrons. The maximum atomic E-state index is 6.71. The van der Waals surface area contributed by atoms with Crippen molar-refractivity contribution in [1.29, 1.82) is 0 Å². The summed E-state index contributed by atoms with van der Waals surface area (Å²) >= 11 is 0. The lowest BCUT2D eigenvalue weighted by molar-refractivity contribution is 0.436. The molecule has 0 N–H and O–H groups in total. The Bertz CT molecular complexity index is 3490. The molecule has 5 heteroatoms. The van der Waals surface area contributed by atoms with E-state index in [2.05, 4.69) is 187 Å². The Morgan fingerprint density at radius 2 is 0.889 bits per heavy atom. The maximum Gasteiger partial charge on any atom is 0.164 e. The summed E-state index contributed by atoms with van der Waals surface area (Å²) < 4.78 is 9.09. The molecule has 11 aromatic rings. The number of rotatable bonds is 5. The van der Waals surface area contributed by atoms with E-state index in [-0.39, 0.29) is 0 Å². The van der Waals surface area contributed by atoms with Crippen molar-refractivity contribution in [3.63, 3.8) is 0 Å². The van der Waals surface area contributed by atoms with Crippen LogP contribution in [0.5, 0.6) is 11.5 Å². The zero-order chi connectivity index (χ0) is 41.5. The lowest BCUT2D eigenvalue weighted by atomic mass is 9.66. The molecule has 0 fully saturated rings. The van der Waals surface area contributed by atoms with Crippen molar-refractivity contribution < 1.29 is 4.74 Å². The van der Waals surface area contributed by atoms with Gasteiger partial charge in [-0.1, -0.05) is 176 Å². The zero-order valence-electron chi connectivity index (χ0n) is 34.0. The van der Waals surface area contributed by atoms with Gasteiger partial charge in [-0.3, -0.25) is 0 Å². The van der Waals surface area contributed by atoms with Gasteiger partial charge < -0.3 is 9.30 Å². The largest absolute Gasteiger partial charge is 0.457 e. The molecule has 13 rings (SSSR count). The number of hydrogen-bond acceptors (Lipinski definition) is 4. The third-order valence-corrected chi connectivity index (χ3v) is 12.9. The second-order valence-electron chi connectivity index (χ2n) is 16.3. The van der Waals surface area contributed by atoms with Crippen molar-refractivity contribution in [1.82, 2.24) is 19.5 Å². The molecular formula is C58H36N4O. The number of aromatic nitrogens is 4. The van der Waals surface area contributed by atoms with Gasteiger partial charge in [-0.15, -0.1) is 0 Å². The van der Waals surface area contributed by atoms with Crippen LogP contribution in [0.15, 0.2) is 218 Å². The Kier molecular flexibility index (Phi) is 7.75. The SMILES string of the molecule is c1ccc(-c2nc(-c3ccccc3)nc(-c3cccc4c3-c3cc(-c5ccc6c7ccccc7n(-c7ccccc7)c6c5)ccc3C43c4ccccc4Oc4ccccc43)n2)cc1. The fraction of sp³-hybridized carbons (Fsp3) is 0.0172. The molecule has 9 aromatic carbocycles. The van der Waals surface area contributed by atoms with Crippen molar-refractivity contribution in [3.05, 3.63) is 241 Å². The van der Waals surface area contributed by atoms with E-state index < -0.39 is 5.41 Å². The standard InChI is InChI=1S/C58H36N4O/c1-4-17-37(18-5-1)55-59-56(38-19-6-2-7-20-38)61-57(60-55)44-24-16-27-49-54(44)45-35-39(32-34-46(45)58(49)47-25-11-14-29-52(47)63-53-30-15-12-26-48(53)58)40-31-33-43-42-23-10-13-28-50(42)62(51(43)36-40)41-21-8-3-9-22-41/h1-36H. The van der Waals surface area contributed by atoms with E-state index in [0.29, 0.717) is 17.5 Å². The van der Waals surface area contributed by atoms with Crippen LogP contribution in [0, 0.1) is 0 Å². The lowest BCUT2D eigenvalue weighted by Crippen LogP contribution is -2.32. The number of para-hydroxylation sites is 4. The quantitative estimate of drug-likeness (QED) is 0.174. The third kappa shape index (κ3) is 5.27. The Labute approximate surface area is 364 Å². The Morgan fingerprint density at radius 3 is 1.59 bits per heavy atom.